The van der Waals surface area contributed by atoms with Gasteiger partial charge in [0.05, 0.1) is 12.1 Å². The average Bonchev–Trinajstić information content (AvgIpc) is 3.12. The lowest BCUT2D eigenvalue weighted by Crippen LogP contribution is -2.28. The lowest BCUT2D eigenvalue weighted by atomic mass is 9.99. The van der Waals surface area contributed by atoms with E-state index in [1.54, 1.807) is 0 Å². The van der Waals surface area contributed by atoms with Gasteiger partial charge in [-0.3, -0.25) is 0 Å². The van der Waals surface area contributed by atoms with Crippen molar-refractivity contribution in [3.8, 4) is 5.75 Å². The second-order valence-electron chi connectivity index (χ2n) is 4.59. The van der Waals surface area contributed by atoms with E-state index in [-0.39, 0.29) is 11.5 Å². The zero-order valence-corrected chi connectivity index (χ0v) is 9.82. The van der Waals surface area contributed by atoms with Crippen LogP contribution in [0.25, 0.3) is 0 Å². The Morgan fingerprint density at radius 3 is 2.42 bits per heavy atom. The lowest BCUT2D eigenvalue weighted by Gasteiger charge is -2.19. The van der Waals surface area contributed by atoms with Crippen LogP contribution >= 0.6 is 0 Å². The van der Waals surface area contributed by atoms with Crippen LogP contribution in [0.15, 0.2) is 18.2 Å². The first-order valence-electron chi connectivity index (χ1n) is 5.77. The highest BCUT2D eigenvalue weighted by Gasteiger charge is 2.35. The first kappa shape index (κ1) is 14.1. The van der Waals surface area contributed by atoms with Crippen LogP contribution in [0.2, 0.25) is 0 Å². The quantitative estimate of drug-likeness (QED) is 0.833. The minimum atomic E-state index is -4.95. The summed E-state index contributed by atoms with van der Waals surface area (Å²) in [6.45, 7) is 0. The number of benzene rings is 1. The predicted molar refractivity (Wildman–Crippen MR) is 58.7 cm³/mol. The molecule has 1 saturated carbocycles. The number of rotatable bonds is 4. The van der Waals surface area contributed by atoms with Gasteiger partial charge in [-0.25, -0.2) is 4.39 Å². The van der Waals surface area contributed by atoms with E-state index >= 15 is 0 Å². The van der Waals surface area contributed by atoms with Gasteiger partial charge in [0.1, 0.15) is 0 Å². The molecule has 1 aliphatic carbocycles. The maximum atomic E-state index is 13.5. The van der Waals surface area contributed by atoms with E-state index in [9.17, 15) is 22.7 Å². The molecular formula is C12H13F4NO2. The molecule has 0 unspecified atom stereocenters. The number of aliphatic hydroxyl groups excluding tert-OH is 1. The first-order valence-corrected chi connectivity index (χ1v) is 5.77. The van der Waals surface area contributed by atoms with E-state index in [2.05, 4.69) is 4.74 Å². The third kappa shape index (κ3) is 3.57. The summed E-state index contributed by atoms with van der Waals surface area (Å²) >= 11 is 0. The van der Waals surface area contributed by atoms with Gasteiger partial charge in [0.2, 0.25) is 0 Å². The van der Waals surface area contributed by atoms with Gasteiger partial charge in [-0.15, -0.1) is 13.2 Å². The molecule has 1 fully saturated rings. The molecule has 19 heavy (non-hydrogen) atoms. The Labute approximate surface area is 107 Å². The minimum Gasteiger partial charge on any atom is -0.403 e. The molecule has 0 amide bonds. The summed E-state index contributed by atoms with van der Waals surface area (Å²) < 4.78 is 52.9. The summed E-state index contributed by atoms with van der Waals surface area (Å²) in [5, 5.41) is 9.80. The molecule has 0 aromatic heterocycles. The second kappa shape index (κ2) is 4.97. The summed E-state index contributed by atoms with van der Waals surface area (Å²) in [4.78, 5) is 0. The molecule has 1 aromatic carbocycles. The average molecular weight is 279 g/mol. The van der Waals surface area contributed by atoms with Gasteiger partial charge in [0.15, 0.2) is 11.6 Å². The number of nitrogens with two attached hydrogens (primary N) is 1. The van der Waals surface area contributed by atoms with Crippen molar-refractivity contribution in [2.75, 3.05) is 0 Å². The van der Waals surface area contributed by atoms with E-state index in [0.717, 1.165) is 25.0 Å². The van der Waals surface area contributed by atoms with E-state index < -0.39 is 30.1 Å². The highest BCUT2D eigenvalue weighted by atomic mass is 19.4. The number of alkyl halides is 3. The summed E-state index contributed by atoms with van der Waals surface area (Å²) in [5.41, 5.74) is 5.99. The van der Waals surface area contributed by atoms with Gasteiger partial charge < -0.3 is 15.6 Å². The molecule has 2 rings (SSSR count). The van der Waals surface area contributed by atoms with Gasteiger partial charge in [-0.1, -0.05) is 6.07 Å². The molecule has 106 valence electrons. The second-order valence-corrected chi connectivity index (χ2v) is 4.59. The molecule has 2 atom stereocenters. The Morgan fingerprint density at radius 1 is 1.32 bits per heavy atom. The van der Waals surface area contributed by atoms with Gasteiger partial charge in [0.25, 0.3) is 0 Å². The van der Waals surface area contributed by atoms with Crippen LogP contribution in [0, 0.1) is 11.7 Å². The zero-order valence-electron chi connectivity index (χ0n) is 9.82. The van der Waals surface area contributed by atoms with E-state index in [0.29, 0.717) is 0 Å². The number of halogens is 4. The molecule has 7 heteroatoms. The summed E-state index contributed by atoms with van der Waals surface area (Å²) in [5.74, 6) is -1.98. The maximum absolute atomic E-state index is 13.5. The van der Waals surface area contributed by atoms with Crippen molar-refractivity contribution in [2.24, 2.45) is 11.7 Å². The van der Waals surface area contributed by atoms with Crippen molar-refractivity contribution in [1.82, 2.24) is 0 Å². The molecule has 0 heterocycles. The smallest absolute Gasteiger partial charge is 0.403 e. The third-order valence-electron chi connectivity index (χ3n) is 3.04. The molecule has 0 spiro atoms. The Kier molecular flexibility index (Phi) is 3.69. The van der Waals surface area contributed by atoms with Gasteiger partial charge in [-0.2, -0.15) is 0 Å². The highest BCUT2D eigenvalue weighted by Crippen LogP contribution is 2.37. The maximum Gasteiger partial charge on any atom is 0.573 e. The van der Waals surface area contributed by atoms with Gasteiger partial charge >= 0.3 is 6.36 Å². The van der Waals surface area contributed by atoms with Crippen molar-refractivity contribution in [3.63, 3.8) is 0 Å². The van der Waals surface area contributed by atoms with Crippen molar-refractivity contribution < 1.29 is 27.4 Å². The van der Waals surface area contributed by atoms with Gasteiger partial charge in [0, 0.05) is 0 Å². The van der Waals surface area contributed by atoms with Crippen molar-refractivity contribution in [3.05, 3.63) is 29.6 Å². The summed E-state index contributed by atoms with van der Waals surface area (Å²) in [7, 11) is 0. The van der Waals surface area contributed by atoms with Crippen molar-refractivity contribution in [1.29, 1.82) is 0 Å². The van der Waals surface area contributed by atoms with Crippen LogP contribution in [-0.4, -0.2) is 17.6 Å². The van der Waals surface area contributed by atoms with E-state index in [1.165, 1.54) is 6.07 Å². The monoisotopic (exact) mass is 279 g/mol. The predicted octanol–water partition coefficient (Wildman–Crippen LogP) is 2.50. The summed E-state index contributed by atoms with van der Waals surface area (Å²) in [6.07, 6.45) is -4.05. The summed E-state index contributed by atoms with van der Waals surface area (Å²) in [6, 6.07) is 2.12. The minimum absolute atomic E-state index is 0.0872. The first-order chi connectivity index (χ1) is 8.78. The van der Waals surface area contributed by atoms with Crippen molar-refractivity contribution >= 4 is 0 Å². The highest BCUT2D eigenvalue weighted by molar-refractivity contribution is 5.31. The fraction of sp³-hybridized carbons (Fsp3) is 0.500. The van der Waals surface area contributed by atoms with E-state index in [4.69, 9.17) is 5.73 Å². The van der Waals surface area contributed by atoms with Crippen molar-refractivity contribution in [2.45, 2.75) is 31.3 Å². The Hall–Kier alpha value is -1.34. The SMILES string of the molecule is N[C@H](c1ccc(OC(F)(F)F)c(F)c1)[C@@H](O)C1CC1. The molecule has 0 saturated heterocycles. The molecule has 1 aliphatic rings. The number of ether oxygens (including phenoxy) is 1. The van der Waals surface area contributed by atoms with Crippen LogP contribution in [0.3, 0.4) is 0 Å². The molecule has 0 radical (unpaired) electrons. The van der Waals surface area contributed by atoms with Gasteiger partial charge in [-0.05, 0) is 36.5 Å². The largest absolute Gasteiger partial charge is 0.573 e. The molecule has 0 bridgehead atoms. The molecule has 0 aliphatic heterocycles. The fourth-order valence-corrected chi connectivity index (χ4v) is 1.86. The topological polar surface area (TPSA) is 55.5 Å². The Morgan fingerprint density at radius 2 is 1.95 bits per heavy atom. The van der Waals surface area contributed by atoms with Crippen LogP contribution in [0.1, 0.15) is 24.4 Å². The number of hydrogen-bond donors (Lipinski definition) is 2. The normalized spacial score (nSPS) is 19.1. The van der Waals surface area contributed by atoms with E-state index in [1.807, 2.05) is 0 Å². The van der Waals surface area contributed by atoms with Crippen LogP contribution in [0.4, 0.5) is 17.6 Å². The molecule has 3 nitrogen and oxygen atoms in total. The lowest BCUT2D eigenvalue weighted by molar-refractivity contribution is -0.275. The van der Waals surface area contributed by atoms with Crippen LogP contribution in [0.5, 0.6) is 5.75 Å². The standard InChI is InChI=1S/C12H13F4NO2/c13-8-5-7(10(17)11(18)6-1-2-6)3-4-9(8)19-12(14,15)16/h3-6,10-11,18H,1-2,17H2/t10-,11+/m1/s1. The van der Waals surface area contributed by atoms with Crippen LogP contribution in [-0.2, 0) is 0 Å². The molecular weight excluding hydrogens is 266 g/mol. The van der Waals surface area contributed by atoms with Crippen LogP contribution < -0.4 is 10.5 Å². The third-order valence-corrected chi connectivity index (χ3v) is 3.04. The Balaban J connectivity index is 2.13. The Bertz CT molecular complexity index is 460. The molecule has 1 aromatic rings. The number of aliphatic hydroxyl groups is 1. The number of hydrogen-bond acceptors (Lipinski definition) is 3. The fourth-order valence-electron chi connectivity index (χ4n) is 1.86. The molecule has 3 N–H and O–H groups in total. The zero-order chi connectivity index (χ0) is 14.2.